The van der Waals surface area contributed by atoms with Gasteiger partial charge in [0.25, 0.3) is 0 Å². The van der Waals surface area contributed by atoms with Crippen LogP contribution in [-0.2, 0) is 18.9 Å². The van der Waals surface area contributed by atoms with Crippen LogP contribution in [0, 0.1) is 0 Å². The number of alkyl halides is 2. The van der Waals surface area contributed by atoms with Crippen molar-refractivity contribution in [1.82, 2.24) is 5.32 Å². The van der Waals surface area contributed by atoms with E-state index in [1.807, 2.05) is 6.92 Å². The summed E-state index contributed by atoms with van der Waals surface area (Å²) in [5.41, 5.74) is 0. The molecule has 1 saturated heterocycles. The Bertz CT molecular complexity index is 310. The molecule has 0 saturated carbocycles. The normalized spacial score (nSPS) is 17.5. The maximum Gasteiger partial charge on any atom is 0.673 e. The number of unbranched alkanes of at least 4 members (excludes halogenated alkanes) is 3. The van der Waals surface area contributed by atoms with Crippen molar-refractivity contribution in [3.63, 3.8) is 0 Å². The third kappa shape index (κ3) is 5.54. The molecule has 5 nitrogen and oxygen atoms in total. The van der Waals surface area contributed by atoms with E-state index in [9.17, 15) is 18.4 Å². The van der Waals surface area contributed by atoms with E-state index in [1.54, 1.807) is 0 Å². The predicted molar refractivity (Wildman–Crippen MR) is 64.5 cm³/mol. The molecule has 8 heteroatoms. The fraction of sp³-hybridized carbons (Fsp3) is 0.818. The molecular formula is C11H18BF2NO4. The van der Waals surface area contributed by atoms with Crippen molar-refractivity contribution < 1.29 is 27.7 Å². The molecule has 19 heavy (non-hydrogen) atoms. The summed E-state index contributed by atoms with van der Waals surface area (Å²) in [6.45, 7) is 1.42. The third-order valence-electron chi connectivity index (χ3n) is 2.72. The Morgan fingerprint density at radius 1 is 1.16 bits per heavy atom. The van der Waals surface area contributed by atoms with Crippen molar-refractivity contribution in [2.75, 3.05) is 13.1 Å². The highest BCUT2D eigenvalue weighted by atomic mass is 19.3. The van der Waals surface area contributed by atoms with Gasteiger partial charge in [0, 0.05) is 6.42 Å². The Balaban J connectivity index is 2.55. The number of nitrogens with one attached hydrogen (secondary N) is 1. The number of halogens is 2. The lowest BCUT2D eigenvalue weighted by molar-refractivity contribution is -0.145. The highest BCUT2D eigenvalue weighted by molar-refractivity contribution is 6.52. The summed E-state index contributed by atoms with van der Waals surface area (Å²) in [4.78, 5) is 22.3. The van der Waals surface area contributed by atoms with Crippen LogP contribution in [0.15, 0.2) is 0 Å². The van der Waals surface area contributed by atoms with Crippen molar-refractivity contribution >= 4 is 19.1 Å². The minimum Gasteiger partial charge on any atom is -0.494 e. The lowest BCUT2D eigenvalue weighted by Gasteiger charge is -2.24. The lowest BCUT2D eigenvalue weighted by atomic mass is 9.76. The first-order chi connectivity index (χ1) is 8.95. The van der Waals surface area contributed by atoms with Crippen LogP contribution in [-0.4, -0.2) is 38.0 Å². The van der Waals surface area contributed by atoms with Crippen LogP contribution in [0.5, 0.6) is 0 Å². The first-order valence-corrected chi connectivity index (χ1v) is 6.43. The smallest absolute Gasteiger partial charge is 0.494 e. The van der Waals surface area contributed by atoms with E-state index < -0.39 is 31.3 Å². The van der Waals surface area contributed by atoms with E-state index in [0.717, 1.165) is 12.8 Å². The van der Waals surface area contributed by atoms with Crippen LogP contribution in [0.1, 0.15) is 39.0 Å². The lowest BCUT2D eigenvalue weighted by Crippen LogP contribution is -2.50. The standard InChI is InChI=1S/C11H18BF2NO4/c1-2-3-4-5-6-11(13,14)12-18-9(16)7-15-8-10(17)19-12/h15H,2-8H2,1H3. The molecule has 0 atom stereocenters. The Labute approximate surface area is 111 Å². The molecule has 0 aromatic rings. The molecule has 0 aromatic carbocycles. The van der Waals surface area contributed by atoms with Crippen molar-refractivity contribution in [2.24, 2.45) is 0 Å². The molecule has 0 unspecified atom stereocenters. The van der Waals surface area contributed by atoms with Crippen molar-refractivity contribution in [3.05, 3.63) is 0 Å². The molecule has 1 aliphatic heterocycles. The quantitative estimate of drug-likeness (QED) is 0.585. The summed E-state index contributed by atoms with van der Waals surface area (Å²) >= 11 is 0. The fourth-order valence-corrected chi connectivity index (χ4v) is 1.69. The van der Waals surface area contributed by atoms with E-state index in [-0.39, 0.29) is 13.1 Å². The zero-order valence-electron chi connectivity index (χ0n) is 10.9. The van der Waals surface area contributed by atoms with Gasteiger partial charge in [-0.25, -0.2) is 8.78 Å². The topological polar surface area (TPSA) is 64.6 Å². The molecule has 0 aliphatic carbocycles. The first kappa shape index (κ1) is 15.9. The maximum atomic E-state index is 13.8. The van der Waals surface area contributed by atoms with Crippen LogP contribution >= 0.6 is 0 Å². The second-order valence-corrected chi connectivity index (χ2v) is 4.49. The predicted octanol–water partition coefficient (Wildman–Crippen LogP) is 1.31. The van der Waals surface area contributed by atoms with Gasteiger partial charge in [0.15, 0.2) is 0 Å². The molecule has 1 N–H and O–H groups in total. The number of hydrogen-bond acceptors (Lipinski definition) is 5. The minimum atomic E-state index is -3.35. The summed E-state index contributed by atoms with van der Waals surface area (Å²) in [6, 6.07) is 0. The molecule has 0 aromatic heterocycles. The van der Waals surface area contributed by atoms with Gasteiger partial charge in [0.2, 0.25) is 0 Å². The largest absolute Gasteiger partial charge is 0.673 e. The number of rotatable bonds is 6. The summed E-state index contributed by atoms with van der Waals surface area (Å²) in [7, 11) is -2.11. The van der Waals surface area contributed by atoms with Crippen molar-refractivity contribution in [1.29, 1.82) is 0 Å². The Hall–Kier alpha value is -1.18. The highest BCUT2D eigenvalue weighted by Crippen LogP contribution is 2.27. The zero-order chi connectivity index (χ0) is 14.3. The van der Waals surface area contributed by atoms with Crippen LogP contribution in [0.3, 0.4) is 0 Å². The Kier molecular flexibility index (Phi) is 6.20. The van der Waals surface area contributed by atoms with Crippen LogP contribution in [0.4, 0.5) is 8.78 Å². The van der Waals surface area contributed by atoms with E-state index in [1.165, 1.54) is 0 Å². The monoisotopic (exact) mass is 277 g/mol. The molecule has 0 amide bonds. The van der Waals surface area contributed by atoms with E-state index in [4.69, 9.17) is 0 Å². The molecule has 0 spiro atoms. The van der Waals surface area contributed by atoms with Crippen molar-refractivity contribution in [3.8, 4) is 0 Å². The van der Waals surface area contributed by atoms with Gasteiger partial charge < -0.3 is 9.31 Å². The second-order valence-electron chi connectivity index (χ2n) is 4.49. The third-order valence-corrected chi connectivity index (χ3v) is 2.72. The summed E-state index contributed by atoms with van der Waals surface area (Å²) in [5.74, 6) is -5.06. The van der Waals surface area contributed by atoms with Gasteiger partial charge >= 0.3 is 24.9 Å². The number of carbonyl (C=O) groups excluding carboxylic acids is 2. The van der Waals surface area contributed by atoms with Gasteiger partial charge in [-0.3, -0.25) is 14.9 Å². The van der Waals surface area contributed by atoms with E-state index in [0.29, 0.717) is 12.8 Å². The summed E-state index contributed by atoms with van der Waals surface area (Å²) in [6.07, 6.45) is 2.30. The Morgan fingerprint density at radius 3 is 2.26 bits per heavy atom. The van der Waals surface area contributed by atoms with Gasteiger partial charge in [0.1, 0.15) is 0 Å². The van der Waals surface area contributed by atoms with Gasteiger partial charge in [-0.2, -0.15) is 0 Å². The second kappa shape index (κ2) is 7.42. The first-order valence-electron chi connectivity index (χ1n) is 6.43. The molecule has 1 fully saturated rings. The summed E-state index contributed by atoms with van der Waals surface area (Å²) < 4.78 is 36.6. The minimum absolute atomic E-state index is 0.280. The maximum absolute atomic E-state index is 13.8. The number of hydrogen-bond donors (Lipinski definition) is 1. The van der Waals surface area contributed by atoms with Crippen LogP contribution in [0.25, 0.3) is 0 Å². The van der Waals surface area contributed by atoms with Gasteiger partial charge in [0.05, 0.1) is 13.1 Å². The highest BCUT2D eigenvalue weighted by Gasteiger charge is 2.54. The SMILES string of the molecule is CCCCCCC(F)(F)B1OC(=O)CNCC(=O)O1. The summed E-state index contributed by atoms with van der Waals surface area (Å²) in [5, 5.41) is 2.42. The van der Waals surface area contributed by atoms with Gasteiger partial charge in [-0.1, -0.05) is 26.2 Å². The van der Waals surface area contributed by atoms with Gasteiger partial charge in [-0.15, -0.1) is 0 Å². The van der Waals surface area contributed by atoms with E-state index >= 15 is 0 Å². The Morgan fingerprint density at radius 2 is 1.74 bits per heavy atom. The fourth-order valence-electron chi connectivity index (χ4n) is 1.69. The molecular weight excluding hydrogens is 259 g/mol. The van der Waals surface area contributed by atoms with Gasteiger partial charge in [-0.05, 0) is 6.42 Å². The molecule has 108 valence electrons. The van der Waals surface area contributed by atoms with Crippen LogP contribution in [0.2, 0.25) is 0 Å². The molecule has 1 aliphatic rings. The average Bonchev–Trinajstić information content (AvgIpc) is 2.31. The molecule has 1 rings (SSSR count). The zero-order valence-corrected chi connectivity index (χ0v) is 10.9. The van der Waals surface area contributed by atoms with Crippen molar-refractivity contribution in [2.45, 2.75) is 44.8 Å². The molecule has 0 radical (unpaired) electrons. The van der Waals surface area contributed by atoms with E-state index in [2.05, 4.69) is 14.6 Å². The van der Waals surface area contributed by atoms with Crippen LogP contribution < -0.4 is 5.32 Å². The molecule has 0 bridgehead atoms. The molecule has 1 heterocycles. The number of carbonyl (C=O) groups is 2. The average molecular weight is 277 g/mol.